The number of esters is 2. The van der Waals surface area contributed by atoms with Crippen LogP contribution in [0.5, 0.6) is 0 Å². The first-order valence-corrected chi connectivity index (χ1v) is 5.97. The summed E-state index contributed by atoms with van der Waals surface area (Å²) in [6.07, 6.45) is 0.898. The van der Waals surface area contributed by atoms with Gasteiger partial charge in [0.15, 0.2) is 5.41 Å². The first-order valence-electron chi connectivity index (χ1n) is 5.97. The van der Waals surface area contributed by atoms with E-state index in [1.807, 2.05) is 27.7 Å². The van der Waals surface area contributed by atoms with Crippen LogP contribution in [0.2, 0.25) is 0 Å². The maximum Gasteiger partial charge on any atom is 0.323 e. The summed E-state index contributed by atoms with van der Waals surface area (Å²) in [4.78, 5) is 24.0. The Labute approximate surface area is 104 Å². The van der Waals surface area contributed by atoms with E-state index in [-0.39, 0.29) is 11.8 Å². The molecule has 0 aliphatic rings. The minimum Gasteiger partial charge on any atom is -0.468 e. The van der Waals surface area contributed by atoms with E-state index in [0.29, 0.717) is 12.8 Å². The minimum absolute atomic E-state index is 0.215. The Kier molecular flexibility index (Phi) is 6.21. The van der Waals surface area contributed by atoms with Gasteiger partial charge in [-0.3, -0.25) is 9.59 Å². The van der Waals surface area contributed by atoms with E-state index in [2.05, 4.69) is 0 Å². The number of ether oxygens (including phenoxy) is 2. The SMILES string of the molecule is COC(=O)C(CC(C)C)(CC(C)C)C(=O)OC. The van der Waals surface area contributed by atoms with Gasteiger partial charge in [-0.05, 0) is 24.7 Å². The van der Waals surface area contributed by atoms with Crippen LogP contribution in [0.3, 0.4) is 0 Å². The van der Waals surface area contributed by atoms with Gasteiger partial charge in [0.25, 0.3) is 0 Å². The highest BCUT2D eigenvalue weighted by Crippen LogP contribution is 2.36. The molecule has 0 fully saturated rings. The second kappa shape index (κ2) is 6.62. The lowest BCUT2D eigenvalue weighted by Gasteiger charge is -2.31. The van der Waals surface area contributed by atoms with E-state index in [4.69, 9.17) is 9.47 Å². The van der Waals surface area contributed by atoms with E-state index in [9.17, 15) is 9.59 Å². The summed E-state index contributed by atoms with van der Waals surface area (Å²) in [6, 6.07) is 0. The van der Waals surface area contributed by atoms with Gasteiger partial charge in [0.05, 0.1) is 14.2 Å². The van der Waals surface area contributed by atoms with Crippen LogP contribution >= 0.6 is 0 Å². The third-order valence-electron chi connectivity index (χ3n) is 2.67. The fraction of sp³-hybridized carbons (Fsp3) is 0.846. The summed E-state index contributed by atoms with van der Waals surface area (Å²) in [7, 11) is 2.61. The number of carbonyl (C=O) groups excluding carboxylic acids is 2. The maximum atomic E-state index is 12.0. The van der Waals surface area contributed by atoms with Gasteiger partial charge in [0.2, 0.25) is 0 Å². The zero-order valence-corrected chi connectivity index (χ0v) is 11.7. The van der Waals surface area contributed by atoms with Crippen LogP contribution in [-0.2, 0) is 19.1 Å². The molecule has 0 aliphatic heterocycles. The normalized spacial score (nSPS) is 11.8. The molecule has 0 aromatic rings. The van der Waals surface area contributed by atoms with Crippen molar-refractivity contribution in [3.63, 3.8) is 0 Å². The first kappa shape index (κ1) is 15.9. The lowest BCUT2D eigenvalue weighted by atomic mass is 9.74. The van der Waals surface area contributed by atoms with Crippen LogP contribution in [0.25, 0.3) is 0 Å². The van der Waals surface area contributed by atoms with Crippen LogP contribution in [0.1, 0.15) is 40.5 Å². The Morgan fingerprint density at radius 3 is 1.35 bits per heavy atom. The lowest BCUT2D eigenvalue weighted by Crippen LogP contribution is -2.43. The van der Waals surface area contributed by atoms with Gasteiger partial charge in [-0.2, -0.15) is 0 Å². The predicted octanol–water partition coefficient (Wildman–Crippen LogP) is 2.41. The van der Waals surface area contributed by atoms with Crippen molar-refractivity contribution in [3.05, 3.63) is 0 Å². The van der Waals surface area contributed by atoms with Gasteiger partial charge in [0, 0.05) is 0 Å². The van der Waals surface area contributed by atoms with E-state index in [1.54, 1.807) is 0 Å². The smallest absolute Gasteiger partial charge is 0.323 e. The molecule has 0 bridgehead atoms. The molecule has 0 amide bonds. The van der Waals surface area contributed by atoms with Gasteiger partial charge in [0.1, 0.15) is 0 Å². The first-order chi connectivity index (χ1) is 7.80. The molecule has 0 aromatic carbocycles. The second-order valence-corrected chi connectivity index (χ2v) is 5.26. The molecule has 0 N–H and O–H groups in total. The molecule has 0 rings (SSSR count). The topological polar surface area (TPSA) is 52.6 Å². The zero-order valence-electron chi connectivity index (χ0n) is 11.7. The average molecular weight is 244 g/mol. The Morgan fingerprint density at radius 2 is 1.18 bits per heavy atom. The van der Waals surface area contributed by atoms with Crippen LogP contribution < -0.4 is 0 Å². The largest absolute Gasteiger partial charge is 0.468 e. The monoisotopic (exact) mass is 244 g/mol. The molecule has 0 saturated carbocycles. The second-order valence-electron chi connectivity index (χ2n) is 5.26. The van der Waals surface area contributed by atoms with Gasteiger partial charge < -0.3 is 9.47 Å². The lowest BCUT2D eigenvalue weighted by molar-refractivity contribution is -0.172. The highest BCUT2D eigenvalue weighted by Gasteiger charge is 2.48. The summed E-state index contributed by atoms with van der Waals surface area (Å²) in [6.45, 7) is 7.89. The van der Waals surface area contributed by atoms with E-state index in [1.165, 1.54) is 14.2 Å². The molecular weight excluding hydrogens is 220 g/mol. The molecule has 100 valence electrons. The molecule has 0 heterocycles. The minimum atomic E-state index is -1.16. The van der Waals surface area contributed by atoms with Crippen LogP contribution in [0, 0.1) is 17.3 Å². The average Bonchev–Trinajstić information content (AvgIpc) is 2.24. The van der Waals surface area contributed by atoms with Gasteiger partial charge >= 0.3 is 11.9 Å². The summed E-state index contributed by atoms with van der Waals surface area (Å²) >= 11 is 0. The van der Waals surface area contributed by atoms with Crippen molar-refractivity contribution in [3.8, 4) is 0 Å². The molecule has 0 saturated heterocycles. The Bertz CT molecular complexity index is 241. The zero-order chi connectivity index (χ0) is 13.6. The number of hydrogen-bond donors (Lipinski definition) is 0. The number of methoxy groups -OCH3 is 2. The van der Waals surface area contributed by atoms with Gasteiger partial charge in [-0.1, -0.05) is 27.7 Å². The molecule has 4 nitrogen and oxygen atoms in total. The fourth-order valence-corrected chi connectivity index (χ4v) is 2.28. The molecular formula is C13H24O4. The number of carbonyl (C=O) groups is 2. The van der Waals surface area contributed by atoms with Crippen LogP contribution in [0.4, 0.5) is 0 Å². The molecule has 0 aromatic heterocycles. The summed E-state index contributed by atoms with van der Waals surface area (Å²) < 4.78 is 9.60. The quantitative estimate of drug-likeness (QED) is 0.532. The summed E-state index contributed by atoms with van der Waals surface area (Å²) in [5, 5.41) is 0. The molecule has 0 aliphatic carbocycles. The Hall–Kier alpha value is -1.06. The number of hydrogen-bond acceptors (Lipinski definition) is 4. The Balaban J connectivity index is 5.35. The van der Waals surface area contributed by atoms with Crippen LogP contribution in [0.15, 0.2) is 0 Å². The Morgan fingerprint density at radius 1 is 0.882 bits per heavy atom. The van der Waals surface area contributed by atoms with Crippen molar-refractivity contribution >= 4 is 11.9 Å². The highest BCUT2D eigenvalue weighted by molar-refractivity contribution is 6.00. The van der Waals surface area contributed by atoms with E-state index in [0.717, 1.165) is 0 Å². The van der Waals surface area contributed by atoms with Gasteiger partial charge in [-0.15, -0.1) is 0 Å². The predicted molar refractivity (Wildman–Crippen MR) is 65.4 cm³/mol. The van der Waals surface area contributed by atoms with Gasteiger partial charge in [-0.25, -0.2) is 0 Å². The molecule has 0 unspecified atom stereocenters. The van der Waals surface area contributed by atoms with Crippen molar-refractivity contribution in [2.45, 2.75) is 40.5 Å². The van der Waals surface area contributed by atoms with E-state index < -0.39 is 17.4 Å². The van der Waals surface area contributed by atoms with Crippen molar-refractivity contribution in [2.24, 2.45) is 17.3 Å². The van der Waals surface area contributed by atoms with Crippen molar-refractivity contribution in [1.82, 2.24) is 0 Å². The molecule has 0 spiro atoms. The molecule has 0 radical (unpaired) electrons. The molecule has 0 atom stereocenters. The fourth-order valence-electron chi connectivity index (χ4n) is 2.28. The maximum absolute atomic E-state index is 12.0. The van der Waals surface area contributed by atoms with Crippen molar-refractivity contribution in [1.29, 1.82) is 0 Å². The molecule has 17 heavy (non-hydrogen) atoms. The van der Waals surface area contributed by atoms with Crippen LogP contribution in [-0.4, -0.2) is 26.2 Å². The standard InChI is InChI=1S/C13H24O4/c1-9(2)7-13(8-10(3)4,11(14)16-5)12(15)17-6/h9-10H,7-8H2,1-6H3. The third-order valence-corrected chi connectivity index (χ3v) is 2.67. The van der Waals surface area contributed by atoms with Crippen molar-refractivity contribution < 1.29 is 19.1 Å². The van der Waals surface area contributed by atoms with E-state index >= 15 is 0 Å². The number of rotatable bonds is 6. The molecule has 4 heteroatoms. The summed E-state index contributed by atoms with van der Waals surface area (Å²) in [5.74, 6) is -0.558. The highest BCUT2D eigenvalue weighted by atomic mass is 16.5. The third kappa shape index (κ3) is 4.02. The summed E-state index contributed by atoms with van der Waals surface area (Å²) in [5.41, 5.74) is -1.16. The van der Waals surface area contributed by atoms with Crippen molar-refractivity contribution in [2.75, 3.05) is 14.2 Å².